The molecule has 0 aliphatic carbocycles. The topological polar surface area (TPSA) is 152 Å². The van der Waals surface area contributed by atoms with Crippen molar-refractivity contribution in [2.75, 3.05) is 36.5 Å². The molecule has 1 aliphatic rings. The number of hydrogen-bond donors (Lipinski definition) is 4. The van der Waals surface area contributed by atoms with Gasteiger partial charge in [-0.3, -0.25) is 4.79 Å². The zero-order chi connectivity index (χ0) is 27.1. The molecule has 1 fully saturated rings. The van der Waals surface area contributed by atoms with E-state index in [1.165, 1.54) is 12.1 Å². The van der Waals surface area contributed by atoms with Crippen LogP contribution in [-0.2, 0) is 16.0 Å². The standard InChI is InChI=1S/C23H26F3N5O4S2/c1-37(34,35)14-4-2-12(3-5-14)16(32)11-29-13-6-8-31(9-7-13)17-10-15(23(24,25)26)18-19(27)20(21(28)33)36-22(18)30-17/h2-5,10,13,16,29,32H,6-9,11,27H2,1H3,(H2,28,33). The first-order valence-electron chi connectivity index (χ1n) is 11.3. The van der Waals surface area contributed by atoms with E-state index in [0.717, 1.165) is 23.7 Å². The fraction of sp³-hybridized carbons (Fsp3) is 0.391. The van der Waals surface area contributed by atoms with Crippen LogP contribution in [0.2, 0.25) is 0 Å². The number of nitrogens with one attached hydrogen (secondary N) is 1. The van der Waals surface area contributed by atoms with Gasteiger partial charge < -0.3 is 26.8 Å². The summed E-state index contributed by atoms with van der Waals surface area (Å²) in [5.74, 6) is -0.767. The number of alkyl halides is 3. The van der Waals surface area contributed by atoms with Crippen molar-refractivity contribution in [3.63, 3.8) is 0 Å². The molecule has 1 amide bonds. The number of hydrogen-bond acceptors (Lipinski definition) is 9. The van der Waals surface area contributed by atoms with Gasteiger partial charge in [0, 0.05) is 37.3 Å². The number of sulfone groups is 1. The van der Waals surface area contributed by atoms with Crippen LogP contribution in [0, 0.1) is 0 Å². The lowest BCUT2D eigenvalue weighted by atomic mass is 10.0. The molecule has 0 radical (unpaired) electrons. The lowest BCUT2D eigenvalue weighted by Gasteiger charge is -2.34. The quantitative estimate of drug-likeness (QED) is 0.346. The SMILES string of the molecule is CS(=O)(=O)c1ccc(C(O)CNC2CCN(c3cc(C(F)(F)F)c4c(N)c(C(N)=O)sc4n3)CC2)cc1. The zero-order valence-electron chi connectivity index (χ0n) is 19.7. The number of anilines is 2. The number of aliphatic hydroxyl groups is 1. The van der Waals surface area contributed by atoms with Crippen LogP contribution in [0.4, 0.5) is 24.7 Å². The van der Waals surface area contributed by atoms with Crippen molar-refractivity contribution in [2.24, 2.45) is 5.73 Å². The van der Waals surface area contributed by atoms with Gasteiger partial charge >= 0.3 is 6.18 Å². The number of rotatable bonds is 7. The van der Waals surface area contributed by atoms with Crippen LogP contribution in [0.1, 0.15) is 39.7 Å². The number of nitrogen functional groups attached to an aromatic ring is 1. The fourth-order valence-corrected chi connectivity index (χ4v) is 5.92. The number of primary amides is 1. The largest absolute Gasteiger partial charge is 0.417 e. The minimum atomic E-state index is -4.70. The Morgan fingerprint density at radius 1 is 1.27 bits per heavy atom. The van der Waals surface area contributed by atoms with Gasteiger partial charge in [0.15, 0.2) is 9.84 Å². The van der Waals surface area contributed by atoms with Crippen molar-refractivity contribution >= 4 is 48.8 Å². The van der Waals surface area contributed by atoms with E-state index < -0.39 is 33.6 Å². The molecule has 0 spiro atoms. The van der Waals surface area contributed by atoms with Crippen LogP contribution in [0.5, 0.6) is 0 Å². The molecule has 1 unspecified atom stereocenters. The second kappa shape index (κ2) is 10.1. The smallest absolute Gasteiger partial charge is 0.397 e. The molecule has 3 aromatic rings. The second-order valence-electron chi connectivity index (χ2n) is 8.94. The average Bonchev–Trinajstić information content (AvgIpc) is 3.18. The Bertz CT molecular complexity index is 1420. The van der Waals surface area contributed by atoms with E-state index in [4.69, 9.17) is 11.5 Å². The van der Waals surface area contributed by atoms with Crippen molar-refractivity contribution < 1.29 is 31.5 Å². The maximum Gasteiger partial charge on any atom is 0.417 e. The summed E-state index contributed by atoms with van der Waals surface area (Å²) < 4.78 is 64.7. The van der Waals surface area contributed by atoms with Gasteiger partial charge in [-0.05, 0) is 36.6 Å². The summed E-state index contributed by atoms with van der Waals surface area (Å²) in [7, 11) is -3.33. The van der Waals surface area contributed by atoms with E-state index in [9.17, 15) is 31.5 Å². The lowest BCUT2D eigenvalue weighted by molar-refractivity contribution is -0.136. The van der Waals surface area contributed by atoms with Crippen LogP contribution in [0.25, 0.3) is 10.2 Å². The molecule has 1 aliphatic heterocycles. The Labute approximate surface area is 215 Å². The number of carbonyl (C=O) groups excluding carboxylic acids is 1. The maximum atomic E-state index is 13.8. The first kappa shape index (κ1) is 27.1. The summed E-state index contributed by atoms with van der Waals surface area (Å²) in [6.07, 6.45) is -3.25. The van der Waals surface area contributed by atoms with Crippen molar-refractivity contribution in [1.82, 2.24) is 10.3 Å². The predicted molar refractivity (Wildman–Crippen MR) is 135 cm³/mol. The first-order valence-corrected chi connectivity index (χ1v) is 14.0. The Morgan fingerprint density at radius 3 is 2.43 bits per heavy atom. The van der Waals surface area contributed by atoms with E-state index in [-0.39, 0.29) is 44.1 Å². The summed E-state index contributed by atoms with van der Waals surface area (Å²) in [5, 5.41) is 13.4. The molecule has 200 valence electrons. The van der Waals surface area contributed by atoms with Gasteiger partial charge in [-0.2, -0.15) is 13.2 Å². The summed E-state index contributed by atoms with van der Waals surface area (Å²) in [5.41, 5.74) is 10.4. The van der Waals surface area contributed by atoms with Crippen LogP contribution >= 0.6 is 11.3 Å². The molecule has 2 aromatic heterocycles. The maximum absolute atomic E-state index is 13.8. The number of nitrogens with zero attached hydrogens (tertiary/aromatic N) is 2. The van der Waals surface area contributed by atoms with Gasteiger partial charge in [0.25, 0.3) is 5.91 Å². The van der Waals surface area contributed by atoms with Crippen LogP contribution < -0.4 is 21.7 Å². The van der Waals surface area contributed by atoms with Gasteiger partial charge in [-0.15, -0.1) is 11.3 Å². The summed E-state index contributed by atoms with van der Waals surface area (Å²) >= 11 is 0.741. The number of benzene rings is 1. The number of nitrogens with two attached hydrogens (primary N) is 2. The molecule has 1 aromatic carbocycles. The summed E-state index contributed by atoms with van der Waals surface area (Å²) in [4.78, 5) is 17.7. The number of fused-ring (bicyclic) bond motifs is 1. The minimum Gasteiger partial charge on any atom is -0.397 e. The van der Waals surface area contributed by atoms with E-state index in [0.29, 0.717) is 31.5 Å². The van der Waals surface area contributed by atoms with Gasteiger partial charge in [-0.25, -0.2) is 13.4 Å². The number of thiophene rings is 1. The third-order valence-electron chi connectivity index (χ3n) is 6.33. The van der Waals surface area contributed by atoms with Crippen LogP contribution in [0.15, 0.2) is 35.2 Å². The van der Waals surface area contributed by atoms with Crippen molar-refractivity contribution in [3.05, 3.63) is 46.3 Å². The highest BCUT2D eigenvalue weighted by Crippen LogP contribution is 2.43. The van der Waals surface area contributed by atoms with Crippen molar-refractivity contribution in [1.29, 1.82) is 0 Å². The second-order valence-corrected chi connectivity index (χ2v) is 12.0. The first-order chi connectivity index (χ1) is 17.3. The molecule has 9 nitrogen and oxygen atoms in total. The number of aromatic nitrogens is 1. The van der Waals surface area contributed by atoms with E-state index >= 15 is 0 Å². The van der Waals surface area contributed by atoms with E-state index in [2.05, 4.69) is 10.3 Å². The molecule has 37 heavy (non-hydrogen) atoms. The minimum absolute atomic E-state index is 0.00128. The zero-order valence-corrected chi connectivity index (χ0v) is 21.4. The molecule has 1 saturated heterocycles. The molecule has 3 heterocycles. The van der Waals surface area contributed by atoms with Crippen molar-refractivity contribution in [2.45, 2.75) is 36.1 Å². The third-order valence-corrected chi connectivity index (χ3v) is 8.57. The Kier molecular flexibility index (Phi) is 7.38. The number of aliphatic hydroxyl groups excluding tert-OH is 1. The number of pyridine rings is 1. The van der Waals surface area contributed by atoms with Gasteiger partial charge in [0.05, 0.1) is 22.3 Å². The van der Waals surface area contributed by atoms with Crippen LogP contribution in [0.3, 0.4) is 0 Å². The highest BCUT2D eigenvalue weighted by Gasteiger charge is 2.37. The fourth-order valence-electron chi connectivity index (χ4n) is 4.32. The van der Waals surface area contributed by atoms with E-state index in [1.807, 2.05) is 0 Å². The molecule has 1 atom stereocenters. The van der Waals surface area contributed by atoms with Crippen LogP contribution in [-0.4, -0.2) is 56.3 Å². The summed E-state index contributed by atoms with van der Waals surface area (Å²) in [6.45, 7) is 1.09. The van der Waals surface area contributed by atoms with E-state index in [1.54, 1.807) is 17.0 Å². The number of piperidine rings is 1. The average molecular weight is 558 g/mol. The number of carbonyl (C=O) groups is 1. The Morgan fingerprint density at radius 2 is 1.89 bits per heavy atom. The highest BCUT2D eigenvalue weighted by molar-refractivity contribution is 7.90. The van der Waals surface area contributed by atoms with Gasteiger partial charge in [0.1, 0.15) is 15.5 Å². The van der Waals surface area contributed by atoms with Gasteiger partial charge in [0.2, 0.25) is 0 Å². The normalized spacial score (nSPS) is 16.3. The molecular weight excluding hydrogens is 531 g/mol. The van der Waals surface area contributed by atoms with Crippen molar-refractivity contribution in [3.8, 4) is 0 Å². The molecule has 14 heteroatoms. The molecule has 6 N–H and O–H groups in total. The molecular formula is C23H26F3N5O4S2. The highest BCUT2D eigenvalue weighted by atomic mass is 32.2. The monoisotopic (exact) mass is 557 g/mol. The number of halogens is 3. The molecule has 4 rings (SSSR count). The predicted octanol–water partition coefficient (Wildman–Crippen LogP) is 2.69. The molecule has 0 saturated carbocycles. The Balaban J connectivity index is 1.43. The number of amides is 1. The van der Waals surface area contributed by atoms with Gasteiger partial charge in [-0.1, -0.05) is 12.1 Å². The molecule has 0 bridgehead atoms. The summed E-state index contributed by atoms with van der Waals surface area (Å²) in [6, 6.07) is 6.98. The third kappa shape index (κ3) is 5.81. The lowest BCUT2D eigenvalue weighted by Crippen LogP contribution is -2.44. The Hall–Kier alpha value is -2.94.